The molecular formula is C59H42N2. The molecule has 0 bridgehead atoms. The molecule has 11 rings (SSSR count). The van der Waals surface area contributed by atoms with Gasteiger partial charge < -0.3 is 9.47 Å². The molecule has 288 valence electrons. The number of benzene rings is 10. The maximum atomic E-state index is 2.50. The van der Waals surface area contributed by atoms with E-state index < -0.39 is 0 Å². The summed E-state index contributed by atoms with van der Waals surface area (Å²) in [6.07, 6.45) is 0. The number of aromatic nitrogens is 1. The largest absolute Gasteiger partial charge is 0.309 e. The van der Waals surface area contributed by atoms with Gasteiger partial charge in [0.15, 0.2) is 0 Å². The number of anilines is 3. The minimum atomic E-state index is 1.09. The zero-order chi connectivity index (χ0) is 40.7. The monoisotopic (exact) mass is 778 g/mol. The molecule has 1 aromatic heterocycles. The average molecular weight is 779 g/mol. The predicted octanol–water partition coefficient (Wildman–Crippen LogP) is 16.4. The molecule has 0 saturated carbocycles. The van der Waals surface area contributed by atoms with Gasteiger partial charge in [0.1, 0.15) is 0 Å². The van der Waals surface area contributed by atoms with Crippen LogP contribution in [-0.4, -0.2) is 4.57 Å². The minimum absolute atomic E-state index is 1.09. The number of para-hydroxylation sites is 2. The summed E-state index contributed by atoms with van der Waals surface area (Å²) in [5.74, 6) is 0. The molecule has 0 fully saturated rings. The summed E-state index contributed by atoms with van der Waals surface area (Å²) in [5.41, 5.74) is 17.5. The van der Waals surface area contributed by atoms with Crippen molar-refractivity contribution in [2.24, 2.45) is 0 Å². The topological polar surface area (TPSA) is 8.17 Å². The molecular weight excluding hydrogens is 737 g/mol. The molecule has 0 spiro atoms. The zero-order valence-corrected chi connectivity index (χ0v) is 33.9. The second kappa shape index (κ2) is 15.3. The second-order valence-corrected chi connectivity index (χ2v) is 15.7. The zero-order valence-electron chi connectivity index (χ0n) is 33.9. The second-order valence-electron chi connectivity index (χ2n) is 15.7. The third-order valence-corrected chi connectivity index (χ3v) is 12.1. The van der Waals surface area contributed by atoms with E-state index in [-0.39, 0.29) is 0 Å². The molecule has 0 aliphatic heterocycles. The molecule has 0 amide bonds. The summed E-state index contributed by atoms with van der Waals surface area (Å²) in [6, 6.07) is 86.2. The van der Waals surface area contributed by atoms with Gasteiger partial charge in [0.2, 0.25) is 0 Å². The van der Waals surface area contributed by atoms with E-state index in [2.05, 4.69) is 253 Å². The van der Waals surface area contributed by atoms with Crippen molar-refractivity contribution in [3.8, 4) is 50.2 Å². The molecule has 0 atom stereocenters. The Morgan fingerprint density at radius 1 is 0.344 bits per heavy atom. The molecule has 2 heteroatoms. The van der Waals surface area contributed by atoms with Crippen LogP contribution in [0.1, 0.15) is 5.56 Å². The summed E-state index contributed by atoms with van der Waals surface area (Å²) in [4.78, 5) is 2.46. The fourth-order valence-corrected chi connectivity index (χ4v) is 9.24. The predicted molar refractivity (Wildman–Crippen MR) is 259 cm³/mol. The van der Waals surface area contributed by atoms with Crippen LogP contribution in [0.15, 0.2) is 237 Å². The van der Waals surface area contributed by atoms with Crippen molar-refractivity contribution in [2.75, 3.05) is 4.90 Å². The Hall–Kier alpha value is -7.94. The number of rotatable bonds is 8. The van der Waals surface area contributed by atoms with Gasteiger partial charge in [-0.2, -0.15) is 0 Å². The van der Waals surface area contributed by atoms with E-state index in [0.717, 1.165) is 33.8 Å². The standard InChI is InChI=1S/C59H42N2/c1-41-33-35-46(36-34-41)50-26-15-30-55(58(50)51-27-14-22-44-21-8-9-23-48(44)51)61-54-29-13-11-25-52(54)59-56(31-16-32-57(59)61)60(47-39-37-43(38-40-47)42-17-4-2-5-18-42)53-28-12-10-24-49(53)45-19-6-3-7-20-45/h2-40H,1H3. The third-order valence-electron chi connectivity index (χ3n) is 12.1. The lowest BCUT2D eigenvalue weighted by Gasteiger charge is -2.29. The lowest BCUT2D eigenvalue weighted by Crippen LogP contribution is -2.11. The van der Waals surface area contributed by atoms with E-state index in [1.54, 1.807) is 0 Å². The van der Waals surface area contributed by atoms with Crippen LogP contribution in [0, 0.1) is 6.92 Å². The van der Waals surface area contributed by atoms with E-state index in [9.17, 15) is 0 Å². The normalized spacial score (nSPS) is 11.4. The Morgan fingerprint density at radius 2 is 0.869 bits per heavy atom. The molecule has 11 aromatic rings. The van der Waals surface area contributed by atoms with E-state index in [1.165, 1.54) is 71.6 Å². The van der Waals surface area contributed by atoms with Crippen LogP contribution in [0.25, 0.3) is 82.8 Å². The first-order valence-corrected chi connectivity index (χ1v) is 21.0. The van der Waals surface area contributed by atoms with Gasteiger partial charge in [0.25, 0.3) is 0 Å². The van der Waals surface area contributed by atoms with Crippen molar-refractivity contribution < 1.29 is 0 Å². The van der Waals surface area contributed by atoms with Crippen molar-refractivity contribution in [2.45, 2.75) is 6.92 Å². The Labute approximate surface area is 356 Å². The van der Waals surface area contributed by atoms with E-state index in [1.807, 2.05) is 0 Å². The number of hydrogen-bond donors (Lipinski definition) is 0. The first-order chi connectivity index (χ1) is 30.2. The highest BCUT2D eigenvalue weighted by molar-refractivity contribution is 6.18. The van der Waals surface area contributed by atoms with Crippen LogP contribution < -0.4 is 4.90 Å². The molecule has 0 saturated heterocycles. The van der Waals surface area contributed by atoms with Crippen LogP contribution >= 0.6 is 0 Å². The number of fused-ring (bicyclic) bond motifs is 4. The minimum Gasteiger partial charge on any atom is -0.309 e. The van der Waals surface area contributed by atoms with Gasteiger partial charge >= 0.3 is 0 Å². The van der Waals surface area contributed by atoms with Crippen molar-refractivity contribution in [1.29, 1.82) is 0 Å². The summed E-state index contributed by atoms with van der Waals surface area (Å²) in [7, 11) is 0. The molecule has 0 unspecified atom stereocenters. The lowest BCUT2D eigenvalue weighted by molar-refractivity contribution is 1.18. The van der Waals surface area contributed by atoms with Crippen LogP contribution in [0.3, 0.4) is 0 Å². The highest BCUT2D eigenvalue weighted by Gasteiger charge is 2.25. The summed E-state index contributed by atoms with van der Waals surface area (Å²) in [6.45, 7) is 2.15. The Bertz CT molecular complexity index is 3340. The maximum Gasteiger partial charge on any atom is 0.0562 e. The van der Waals surface area contributed by atoms with Gasteiger partial charge in [0.05, 0.1) is 28.1 Å². The SMILES string of the molecule is Cc1ccc(-c2cccc(-n3c4ccccc4c4c(N(c5ccc(-c6ccccc6)cc5)c5ccccc5-c5ccccc5)cccc43)c2-c2cccc3ccccc23)cc1. The van der Waals surface area contributed by atoms with Crippen LogP contribution in [-0.2, 0) is 0 Å². The number of hydrogen-bond acceptors (Lipinski definition) is 1. The highest BCUT2D eigenvalue weighted by atomic mass is 15.2. The fraction of sp³-hybridized carbons (Fsp3) is 0.0169. The van der Waals surface area contributed by atoms with Crippen molar-refractivity contribution >= 4 is 49.6 Å². The highest BCUT2D eigenvalue weighted by Crippen LogP contribution is 2.48. The molecule has 0 aliphatic carbocycles. The summed E-state index contributed by atoms with van der Waals surface area (Å²) >= 11 is 0. The van der Waals surface area contributed by atoms with E-state index in [4.69, 9.17) is 0 Å². The first-order valence-electron chi connectivity index (χ1n) is 21.0. The van der Waals surface area contributed by atoms with E-state index in [0.29, 0.717) is 0 Å². The fourth-order valence-electron chi connectivity index (χ4n) is 9.24. The first kappa shape index (κ1) is 36.2. The van der Waals surface area contributed by atoms with Gasteiger partial charge in [-0.15, -0.1) is 0 Å². The molecule has 10 aromatic carbocycles. The Kier molecular flexibility index (Phi) is 9.09. The third kappa shape index (κ3) is 6.37. The Balaban J connectivity index is 1.21. The number of aryl methyl sites for hydroxylation is 1. The average Bonchev–Trinajstić information content (AvgIpc) is 3.67. The summed E-state index contributed by atoms with van der Waals surface area (Å²) in [5, 5.41) is 4.84. The summed E-state index contributed by atoms with van der Waals surface area (Å²) < 4.78 is 2.50. The molecule has 1 heterocycles. The van der Waals surface area contributed by atoms with Gasteiger partial charge in [-0.05, 0) is 93.5 Å². The van der Waals surface area contributed by atoms with Gasteiger partial charge in [-0.1, -0.05) is 200 Å². The maximum absolute atomic E-state index is 2.50. The lowest BCUT2D eigenvalue weighted by atomic mass is 9.89. The quantitative estimate of drug-likeness (QED) is 0.149. The van der Waals surface area contributed by atoms with Gasteiger partial charge in [-0.3, -0.25) is 0 Å². The van der Waals surface area contributed by atoms with E-state index >= 15 is 0 Å². The number of nitrogens with zero attached hydrogens (tertiary/aromatic N) is 2. The van der Waals surface area contributed by atoms with Crippen molar-refractivity contribution in [3.63, 3.8) is 0 Å². The molecule has 0 aliphatic rings. The van der Waals surface area contributed by atoms with Crippen molar-refractivity contribution in [3.05, 3.63) is 242 Å². The molecule has 0 N–H and O–H groups in total. The van der Waals surface area contributed by atoms with Crippen LogP contribution in [0.2, 0.25) is 0 Å². The van der Waals surface area contributed by atoms with Crippen LogP contribution in [0.5, 0.6) is 0 Å². The Morgan fingerprint density at radius 3 is 1.67 bits per heavy atom. The van der Waals surface area contributed by atoms with Crippen molar-refractivity contribution in [1.82, 2.24) is 4.57 Å². The molecule has 2 nitrogen and oxygen atoms in total. The van der Waals surface area contributed by atoms with Crippen LogP contribution in [0.4, 0.5) is 17.1 Å². The van der Waals surface area contributed by atoms with Gasteiger partial charge in [-0.25, -0.2) is 0 Å². The molecule has 0 radical (unpaired) electrons. The van der Waals surface area contributed by atoms with Gasteiger partial charge in [0, 0.05) is 27.6 Å². The molecule has 61 heavy (non-hydrogen) atoms. The smallest absolute Gasteiger partial charge is 0.0562 e.